The quantitative estimate of drug-likeness (QED) is 0.619. The maximum absolute atomic E-state index is 11.4. The second-order valence-electron chi connectivity index (χ2n) is 3.39. The molecule has 0 saturated heterocycles. The zero-order valence-corrected chi connectivity index (χ0v) is 9.88. The van der Waals surface area contributed by atoms with E-state index in [1.54, 1.807) is 19.1 Å². The highest BCUT2D eigenvalue weighted by molar-refractivity contribution is 7.79. The van der Waals surface area contributed by atoms with Crippen LogP contribution in [0.4, 0.5) is 0 Å². The number of hydrogen-bond donors (Lipinski definition) is 2. The van der Waals surface area contributed by atoms with E-state index in [9.17, 15) is 9.00 Å². The maximum atomic E-state index is 11.4. The molecule has 0 heterocycles. The van der Waals surface area contributed by atoms with Gasteiger partial charge in [-0.3, -0.25) is 4.79 Å². The zero-order valence-electron chi connectivity index (χ0n) is 9.06. The van der Waals surface area contributed by atoms with E-state index in [4.69, 9.17) is 10.3 Å². The average molecular weight is 239 g/mol. The first-order chi connectivity index (χ1) is 7.43. The Labute approximate surface area is 96.4 Å². The van der Waals surface area contributed by atoms with Gasteiger partial charge in [0.2, 0.25) is 0 Å². The van der Waals surface area contributed by atoms with Gasteiger partial charge < -0.3 is 10.3 Å². The van der Waals surface area contributed by atoms with Crippen molar-refractivity contribution < 1.29 is 13.6 Å². The molecule has 0 aliphatic rings. The second-order valence-corrected chi connectivity index (χ2v) is 4.36. The summed E-state index contributed by atoms with van der Waals surface area (Å²) in [5.74, 6) is -0.127. The van der Waals surface area contributed by atoms with Gasteiger partial charge in [0.15, 0.2) is 16.9 Å². The summed E-state index contributed by atoms with van der Waals surface area (Å²) in [6.45, 7) is 3.08. The average Bonchev–Trinajstić information content (AvgIpc) is 2.17. The number of nitrogens with two attached hydrogens (primary N) is 1. The third kappa shape index (κ3) is 2.77. The fraction of sp³-hybridized carbons (Fsp3) is 0.182. The SMILES string of the molecule is CC(=O)C(=C(C)N)c1ccc(S(=O)O)cc1. The van der Waals surface area contributed by atoms with Gasteiger partial charge in [-0.1, -0.05) is 12.1 Å². The van der Waals surface area contributed by atoms with Crippen molar-refractivity contribution in [3.8, 4) is 0 Å². The molecule has 0 spiro atoms. The Kier molecular flexibility index (Phi) is 3.98. The van der Waals surface area contributed by atoms with Crippen molar-refractivity contribution in [1.29, 1.82) is 0 Å². The predicted octanol–water partition coefficient (Wildman–Crippen LogP) is 1.55. The van der Waals surface area contributed by atoms with Crippen LogP contribution in [0.2, 0.25) is 0 Å². The first kappa shape index (κ1) is 12.6. The highest BCUT2D eigenvalue weighted by atomic mass is 32.2. The molecule has 1 atom stereocenters. The molecule has 0 bridgehead atoms. The lowest BCUT2D eigenvalue weighted by atomic mass is 10.0. The number of carbonyl (C=O) groups excluding carboxylic acids is 1. The monoisotopic (exact) mass is 239 g/mol. The van der Waals surface area contributed by atoms with Crippen LogP contribution >= 0.6 is 0 Å². The van der Waals surface area contributed by atoms with Gasteiger partial charge in [0.1, 0.15) is 0 Å². The van der Waals surface area contributed by atoms with Crippen molar-refractivity contribution in [3.63, 3.8) is 0 Å². The lowest BCUT2D eigenvalue weighted by Gasteiger charge is -2.06. The molecule has 0 aliphatic heterocycles. The standard InChI is InChI=1S/C11H13NO3S/c1-7(12)11(8(2)13)9-3-5-10(6-4-9)16(14)15/h3-6H,12H2,1-2H3,(H,14,15). The molecule has 0 radical (unpaired) electrons. The molecule has 1 aromatic carbocycles. The van der Waals surface area contributed by atoms with E-state index in [0.29, 0.717) is 21.7 Å². The van der Waals surface area contributed by atoms with Crippen LogP contribution in [0.1, 0.15) is 19.4 Å². The van der Waals surface area contributed by atoms with Crippen molar-refractivity contribution in [2.75, 3.05) is 0 Å². The van der Waals surface area contributed by atoms with Gasteiger partial charge in [-0.15, -0.1) is 0 Å². The largest absolute Gasteiger partial charge is 0.402 e. The molecule has 86 valence electrons. The number of carbonyl (C=O) groups is 1. The van der Waals surface area contributed by atoms with E-state index in [2.05, 4.69) is 0 Å². The minimum atomic E-state index is -2.00. The van der Waals surface area contributed by atoms with Crippen LogP contribution in [-0.4, -0.2) is 14.5 Å². The summed E-state index contributed by atoms with van der Waals surface area (Å²) in [6.07, 6.45) is 0. The Bertz CT molecular complexity index is 459. The first-order valence-corrected chi connectivity index (χ1v) is 5.72. The molecule has 0 amide bonds. The van der Waals surface area contributed by atoms with Crippen LogP contribution in [0, 0.1) is 0 Å². The normalized spacial score (nSPS) is 14.2. The summed E-state index contributed by atoms with van der Waals surface area (Å²) < 4.78 is 19.6. The lowest BCUT2D eigenvalue weighted by Crippen LogP contribution is -2.05. The van der Waals surface area contributed by atoms with Gasteiger partial charge in [0.25, 0.3) is 0 Å². The number of ketones is 1. The summed E-state index contributed by atoms with van der Waals surface area (Å²) in [5, 5.41) is 0. The number of hydrogen-bond acceptors (Lipinski definition) is 3. The fourth-order valence-corrected chi connectivity index (χ4v) is 1.82. The molecule has 1 rings (SSSR count). The molecule has 0 saturated carbocycles. The van der Waals surface area contributed by atoms with Crippen molar-refractivity contribution in [3.05, 3.63) is 35.5 Å². The van der Waals surface area contributed by atoms with Gasteiger partial charge in [0.05, 0.1) is 4.90 Å². The Morgan fingerprint density at radius 2 is 1.75 bits per heavy atom. The van der Waals surface area contributed by atoms with Gasteiger partial charge in [-0.25, -0.2) is 4.21 Å². The van der Waals surface area contributed by atoms with Crippen LogP contribution in [0.15, 0.2) is 34.9 Å². The molecular weight excluding hydrogens is 226 g/mol. The second kappa shape index (κ2) is 5.05. The smallest absolute Gasteiger partial charge is 0.186 e. The summed E-state index contributed by atoms with van der Waals surface area (Å²) in [7, 11) is 0. The van der Waals surface area contributed by atoms with Crippen molar-refractivity contribution in [2.24, 2.45) is 5.73 Å². The Morgan fingerprint density at radius 3 is 2.06 bits per heavy atom. The fourth-order valence-electron chi connectivity index (χ4n) is 1.45. The van der Waals surface area contributed by atoms with Crippen LogP contribution in [0.3, 0.4) is 0 Å². The van der Waals surface area contributed by atoms with Crippen molar-refractivity contribution >= 4 is 22.4 Å². The highest BCUT2D eigenvalue weighted by Crippen LogP contribution is 2.19. The van der Waals surface area contributed by atoms with Crippen molar-refractivity contribution in [1.82, 2.24) is 0 Å². The Morgan fingerprint density at radius 1 is 1.25 bits per heavy atom. The van der Waals surface area contributed by atoms with E-state index in [0.717, 1.165) is 0 Å². The summed E-state index contributed by atoms with van der Waals surface area (Å²) in [6, 6.07) is 6.21. The van der Waals surface area contributed by atoms with Crippen LogP contribution in [0.25, 0.3) is 5.57 Å². The molecule has 0 fully saturated rings. The van der Waals surface area contributed by atoms with Crippen molar-refractivity contribution in [2.45, 2.75) is 18.7 Å². The maximum Gasteiger partial charge on any atom is 0.186 e. The predicted molar refractivity (Wildman–Crippen MR) is 62.9 cm³/mol. The topological polar surface area (TPSA) is 80.4 Å². The van der Waals surface area contributed by atoms with E-state index in [1.807, 2.05) is 0 Å². The molecule has 0 aliphatic carbocycles. The van der Waals surface area contributed by atoms with Crippen LogP contribution in [0.5, 0.6) is 0 Å². The number of allylic oxidation sites excluding steroid dienone is 2. The molecule has 1 aromatic rings. The number of Topliss-reactive ketones (excluding diaryl/α,β-unsaturated/α-hetero) is 1. The highest BCUT2D eigenvalue weighted by Gasteiger charge is 2.10. The molecule has 3 N–H and O–H groups in total. The molecule has 0 aromatic heterocycles. The van der Waals surface area contributed by atoms with E-state index in [1.165, 1.54) is 19.1 Å². The summed E-state index contributed by atoms with van der Waals surface area (Å²) in [5.41, 5.74) is 7.15. The van der Waals surface area contributed by atoms with Gasteiger partial charge >= 0.3 is 0 Å². The molecule has 16 heavy (non-hydrogen) atoms. The summed E-state index contributed by atoms with van der Waals surface area (Å²) in [4.78, 5) is 11.7. The third-order valence-corrected chi connectivity index (χ3v) is 2.77. The first-order valence-electron chi connectivity index (χ1n) is 4.62. The minimum Gasteiger partial charge on any atom is -0.402 e. The van der Waals surface area contributed by atoms with Crippen LogP contribution < -0.4 is 5.73 Å². The Balaban J connectivity index is 3.20. The molecule has 4 nitrogen and oxygen atoms in total. The third-order valence-electron chi connectivity index (χ3n) is 2.09. The molecular formula is C11H13NO3S. The number of rotatable bonds is 3. The Hall–Kier alpha value is -1.46. The van der Waals surface area contributed by atoms with Crippen LogP contribution in [-0.2, 0) is 15.9 Å². The number of benzene rings is 1. The zero-order chi connectivity index (χ0) is 12.3. The van der Waals surface area contributed by atoms with E-state index in [-0.39, 0.29) is 5.78 Å². The van der Waals surface area contributed by atoms with Gasteiger partial charge in [0, 0.05) is 11.3 Å². The van der Waals surface area contributed by atoms with Gasteiger partial charge in [-0.05, 0) is 31.5 Å². The minimum absolute atomic E-state index is 0.127. The van der Waals surface area contributed by atoms with E-state index < -0.39 is 11.1 Å². The van der Waals surface area contributed by atoms with Gasteiger partial charge in [-0.2, -0.15) is 0 Å². The summed E-state index contributed by atoms with van der Waals surface area (Å²) >= 11 is -2.00. The van der Waals surface area contributed by atoms with E-state index >= 15 is 0 Å². The molecule has 1 unspecified atom stereocenters. The molecule has 5 heteroatoms. The lowest BCUT2D eigenvalue weighted by molar-refractivity contribution is -0.111.